The van der Waals surface area contributed by atoms with Crippen molar-refractivity contribution in [1.82, 2.24) is 14.5 Å². The van der Waals surface area contributed by atoms with Crippen molar-refractivity contribution in [2.75, 3.05) is 16.2 Å². The molecule has 0 radical (unpaired) electrons. The van der Waals surface area contributed by atoms with Crippen molar-refractivity contribution >= 4 is 43.9 Å². The maximum atomic E-state index is 12.2. The highest BCUT2D eigenvalue weighted by Gasteiger charge is 2.28. The molecule has 2 aromatic heterocycles. The van der Waals surface area contributed by atoms with Gasteiger partial charge in [0.05, 0.1) is 27.7 Å². The number of hydrogen-bond acceptors (Lipinski definition) is 6. The van der Waals surface area contributed by atoms with E-state index < -0.39 is 10.0 Å². The van der Waals surface area contributed by atoms with Crippen LogP contribution in [0.4, 0.5) is 11.4 Å². The van der Waals surface area contributed by atoms with Crippen molar-refractivity contribution in [3.63, 3.8) is 0 Å². The number of rotatable bonds is 8. The van der Waals surface area contributed by atoms with Gasteiger partial charge in [0.1, 0.15) is 5.75 Å². The minimum Gasteiger partial charge on any atom is -0.424 e. The molecule has 1 saturated carbocycles. The van der Waals surface area contributed by atoms with E-state index >= 15 is 0 Å². The molecule has 182 valence electrons. The molecular weight excluding hydrogens is 486 g/mol. The lowest BCUT2D eigenvalue weighted by Gasteiger charge is -2.30. The summed E-state index contributed by atoms with van der Waals surface area (Å²) in [4.78, 5) is 8.27. The van der Waals surface area contributed by atoms with Crippen LogP contribution in [0.2, 0.25) is 5.02 Å². The summed E-state index contributed by atoms with van der Waals surface area (Å²) in [7, 11) is -3.42. The summed E-state index contributed by atoms with van der Waals surface area (Å²) in [6.45, 7) is 1.82. The summed E-state index contributed by atoms with van der Waals surface area (Å²) in [5.41, 5.74) is 10.2. The molecule has 1 aliphatic carbocycles. The molecule has 2 heterocycles. The topological polar surface area (TPSA) is 112 Å². The number of aromatic nitrogens is 3. The van der Waals surface area contributed by atoms with E-state index in [9.17, 15) is 8.42 Å². The zero-order chi connectivity index (χ0) is 24.6. The molecule has 0 unspecified atom stereocenters. The number of nitrogens with zero attached hydrogens (tertiary/aromatic N) is 3. The Morgan fingerprint density at radius 2 is 1.94 bits per heavy atom. The van der Waals surface area contributed by atoms with E-state index in [1.807, 2.05) is 31.2 Å². The highest BCUT2D eigenvalue weighted by Crippen LogP contribution is 2.46. The number of nitrogen functional groups attached to an aromatic ring is 1. The Labute approximate surface area is 209 Å². The lowest BCUT2D eigenvalue weighted by atomic mass is 9.92. The molecule has 3 N–H and O–H groups in total. The van der Waals surface area contributed by atoms with Crippen LogP contribution in [0.3, 0.4) is 0 Å². The van der Waals surface area contributed by atoms with Gasteiger partial charge in [0.15, 0.2) is 0 Å². The third kappa shape index (κ3) is 4.66. The molecule has 0 saturated heterocycles. The maximum absolute atomic E-state index is 12.2. The van der Waals surface area contributed by atoms with E-state index in [1.165, 1.54) is 0 Å². The van der Waals surface area contributed by atoms with Crippen LogP contribution < -0.4 is 15.2 Å². The molecule has 2 aromatic carbocycles. The maximum Gasteiger partial charge on any atom is 0.321 e. The number of nitrogens with two attached hydrogens (primary N) is 1. The van der Waals surface area contributed by atoms with Gasteiger partial charge in [-0.15, -0.1) is 0 Å². The third-order valence-corrected chi connectivity index (χ3v) is 7.98. The van der Waals surface area contributed by atoms with E-state index in [0.717, 1.165) is 41.4 Å². The van der Waals surface area contributed by atoms with Crippen molar-refractivity contribution < 1.29 is 13.2 Å². The summed E-state index contributed by atoms with van der Waals surface area (Å²) in [5, 5.41) is 1.32. The first-order chi connectivity index (χ1) is 16.9. The summed E-state index contributed by atoms with van der Waals surface area (Å²) >= 11 is 6.70. The zero-order valence-electron chi connectivity index (χ0n) is 19.2. The van der Waals surface area contributed by atoms with Gasteiger partial charge in [-0.05, 0) is 62.1 Å². The van der Waals surface area contributed by atoms with Gasteiger partial charge in [-0.2, -0.15) is 0 Å². The molecule has 1 aliphatic rings. The SMILES string of the molecule is CCCS(=O)(=O)Nc1ccc(-c2c(N)c3ccc(Oc4ncccn4)cc3n2C2CCC2)c(Cl)c1. The van der Waals surface area contributed by atoms with Crippen LogP contribution >= 0.6 is 11.6 Å². The number of halogens is 1. The number of benzene rings is 2. The van der Waals surface area contributed by atoms with Crippen molar-refractivity contribution in [1.29, 1.82) is 0 Å². The van der Waals surface area contributed by atoms with Crippen LogP contribution in [0.1, 0.15) is 38.6 Å². The Bertz CT molecular complexity index is 1480. The van der Waals surface area contributed by atoms with E-state index in [2.05, 4.69) is 19.3 Å². The highest BCUT2D eigenvalue weighted by atomic mass is 35.5. The fourth-order valence-corrected chi connectivity index (χ4v) is 5.79. The standard InChI is InChI=1S/C25H26ClN5O3S/c1-2-13-35(32,33)30-16-7-9-19(21(26)14-16)24-23(27)20-10-8-18(34-25-28-11-4-12-29-25)15-22(20)31(24)17-5-3-6-17/h4,7-12,14-15,17,30H,2-3,5-6,13,27H2,1H3. The monoisotopic (exact) mass is 511 g/mol. The lowest BCUT2D eigenvalue weighted by Crippen LogP contribution is -2.18. The minimum atomic E-state index is -3.42. The van der Waals surface area contributed by atoms with Crippen molar-refractivity contribution in [3.8, 4) is 23.0 Å². The van der Waals surface area contributed by atoms with E-state index in [4.69, 9.17) is 22.1 Å². The number of ether oxygens (including phenoxy) is 1. The molecule has 0 amide bonds. The summed E-state index contributed by atoms with van der Waals surface area (Å²) in [6.07, 6.45) is 7.00. The Morgan fingerprint density at radius 1 is 1.17 bits per heavy atom. The van der Waals surface area contributed by atoms with Crippen molar-refractivity contribution in [2.45, 2.75) is 38.6 Å². The third-order valence-electron chi connectivity index (χ3n) is 6.18. The van der Waals surface area contributed by atoms with E-state index in [0.29, 0.717) is 28.6 Å². The smallest absolute Gasteiger partial charge is 0.321 e. The molecule has 10 heteroatoms. The van der Waals surface area contributed by atoms with E-state index in [1.54, 1.807) is 30.6 Å². The average Bonchev–Trinajstić information content (AvgIpc) is 3.05. The minimum absolute atomic E-state index is 0.0493. The van der Waals surface area contributed by atoms with Crippen LogP contribution in [0.15, 0.2) is 54.9 Å². The summed E-state index contributed by atoms with van der Waals surface area (Å²) < 4.78 is 35.1. The number of sulfonamides is 1. The van der Waals surface area contributed by atoms with Crippen LogP contribution in [0, 0.1) is 0 Å². The molecule has 0 spiro atoms. The second-order valence-electron chi connectivity index (χ2n) is 8.64. The zero-order valence-corrected chi connectivity index (χ0v) is 20.8. The van der Waals surface area contributed by atoms with Gasteiger partial charge in [-0.3, -0.25) is 4.72 Å². The van der Waals surface area contributed by atoms with Gasteiger partial charge in [-0.25, -0.2) is 18.4 Å². The number of fused-ring (bicyclic) bond motifs is 1. The van der Waals surface area contributed by atoms with Gasteiger partial charge in [0.2, 0.25) is 10.0 Å². The number of anilines is 2. The van der Waals surface area contributed by atoms with Crippen LogP contribution in [0.25, 0.3) is 22.2 Å². The van der Waals surface area contributed by atoms with Crippen molar-refractivity contribution in [2.24, 2.45) is 0 Å². The van der Waals surface area contributed by atoms with E-state index in [-0.39, 0.29) is 17.8 Å². The van der Waals surface area contributed by atoms with Gasteiger partial charge >= 0.3 is 6.01 Å². The number of hydrogen-bond donors (Lipinski definition) is 2. The molecule has 1 fully saturated rings. The molecular formula is C25H26ClN5O3S. The molecule has 0 aliphatic heterocycles. The van der Waals surface area contributed by atoms with Gasteiger partial charge in [-0.1, -0.05) is 18.5 Å². The average molecular weight is 512 g/mol. The Kier molecular flexibility index (Phi) is 6.29. The Balaban J connectivity index is 1.59. The number of nitrogens with one attached hydrogen (secondary N) is 1. The highest BCUT2D eigenvalue weighted by molar-refractivity contribution is 7.92. The first kappa shape index (κ1) is 23.4. The quantitative estimate of drug-likeness (QED) is 0.300. The normalized spacial score (nSPS) is 14.1. The molecule has 8 nitrogen and oxygen atoms in total. The molecule has 0 atom stereocenters. The van der Waals surface area contributed by atoms with Crippen LogP contribution in [0.5, 0.6) is 11.8 Å². The molecule has 0 bridgehead atoms. The Hall–Kier alpha value is -3.30. The van der Waals surface area contributed by atoms with Crippen LogP contribution in [-0.2, 0) is 10.0 Å². The van der Waals surface area contributed by atoms with Crippen LogP contribution in [-0.4, -0.2) is 28.7 Å². The summed E-state index contributed by atoms with van der Waals surface area (Å²) in [6, 6.07) is 13.2. The largest absolute Gasteiger partial charge is 0.424 e. The summed E-state index contributed by atoms with van der Waals surface area (Å²) in [5.74, 6) is 0.660. The van der Waals surface area contributed by atoms with Crippen molar-refractivity contribution in [3.05, 3.63) is 59.9 Å². The predicted molar refractivity (Wildman–Crippen MR) is 139 cm³/mol. The second-order valence-corrected chi connectivity index (χ2v) is 10.9. The Morgan fingerprint density at radius 3 is 2.60 bits per heavy atom. The first-order valence-electron chi connectivity index (χ1n) is 11.5. The molecule has 4 aromatic rings. The van der Waals surface area contributed by atoms with Gasteiger partial charge < -0.3 is 15.0 Å². The first-order valence-corrected chi connectivity index (χ1v) is 13.6. The predicted octanol–water partition coefficient (Wildman–Crippen LogP) is 6.00. The second kappa shape index (κ2) is 9.39. The lowest BCUT2D eigenvalue weighted by molar-refractivity contribution is 0.324. The fraction of sp³-hybridized carbons (Fsp3) is 0.280. The van der Waals surface area contributed by atoms with Gasteiger partial charge in [0.25, 0.3) is 0 Å². The molecule has 35 heavy (non-hydrogen) atoms. The molecule has 5 rings (SSSR count). The van der Waals surface area contributed by atoms with Gasteiger partial charge in [0, 0.05) is 41.1 Å². The fourth-order valence-electron chi connectivity index (χ4n) is 4.39.